The third-order valence-corrected chi connectivity index (χ3v) is 4.94. The van der Waals surface area contributed by atoms with Gasteiger partial charge in [-0.25, -0.2) is 9.38 Å². The van der Waals surface area contributed by atoms with Crippen LogP contribution in [0.2, 0.25) is 0 Å². The summed E-state index contributed by atoms with van der Waals surface area (Å²) in [7, 11) is 0. The van der Waals surface area contributed by atoms with E-state index < -0.39 is 12.1 Å². The molecule has 2 heterocycles. The van der Waals surface area contributed by atoms with Gasteiger partial charge in [0.05, 0.1) is 21.5 Å². The summed E-state index contributed by atoms with van der Waals surface area (Å²) in [6.45, 7) is 1.41. The lowest BCUT2D eigenvalue weighted by atomic mass is 10.2. The quantitative estimate of drug-likeness (QED) is 0.538. The molecular weight excluding hydrogens is 352 g/mol. The van der Waals surface area contributed by atoms with Crippen molar-refractivity contribution in [2.45, 2.75) is 13.0 Å². The molecule has 1 atom stereocenters. The van der Waals surface area contributed by atoms with Crippen molar-refractivity contribution in [1.82, 2.24) is 9.38 Å². The number of para-hydroxylation sites is 2. The third-order valence-electron chi connectivity index (χ3n) is 3.97. The molecule has 0 bridgehead atoms. The highest BCUT2D eigenvalue weighted by Crippen LogP contribution is 2.17. The Bertz CT molecular complexity index is 1220. The van der Waals surface area contributed by atoms with E-state index in [4.69, 9.17) is 4.74 Å². The molecule has 0 amide bonds. The fraction of sp³-hybridized carbons (Fsp3) is 0.105. The largest absolute Gasteiger partial charge is 0.546 e. The maximum absolute atomic E-state index is 12.7. The molecule has 2 aromatic heterocycles. The molecule has 2 aromatic carbocycles. The number of carbonyl (C=O) groups is 1. The number of thiazole rings is 1. The van der Waals surface area contributed by atoms with Crippen molar-refractivity contribution in [2.75, 3.05) is 0 Å². The van der Waals surface area contributed by atoms with Gasteiger partial charge in [-0.2, -0.15) is 0 Å². The summed E-state index contributed by atoms with van der Waals surface area (Å²) in [4.78, 5) is 28.6. The van der Waals surface area contributed by atoms with Gasteiger partial charge >= 0.3 is 0 Å². The summed E-state index contributed by atoms with van der Waals surface area (Å²) in [6.07, 6.45) is 0.749. The molecule has 0 aliphatic rings. The van der Waals surface area contributed by atoms with E-state index in [-0.39, 0.29) is 5.56 Å². The molecule has 0 saturated carbocycles. The summed E-state index contributed by atoms with van der Waals surface area (Å²) in [6, 6.07) is 14.4. The van der Waals surface area contributed by atoms with Crippen LogP contribution in [0.3, 0.4) is 0 Å². The Morgan fingerprint density at radius 1 is 1.23 bits per heavy atom. The summed E-state index contributed by atoms with van der Waals surface area (Å²) < 4.78 is 7.43. The molecule has 0 fully saturated rings. The van der Waals surface area contributed by atoms with E-state index in [2.05, 4.69) is 4.98 Å². The Kier molecular flexibility index (Phi) is 3.93. The zero-order chi connectivity index (χ0) is 18.3. The Balaban J connectivity index is 1.71. The Hall–Kier alpha value is -3.19. The van der Waals surface area contributed by atoms with Crippen LogP contribution in [0.5, 0.6) is 5.75 Å². The zero-order valence-corrected chi connectivity index (χ0v) is 14.5. The summed E-state index contributed by atoms with van der Waals surface area (Å²) in [5.41, 5.74) is 2.29. The van der Waals surface area contributed by atoms with Crippen LogP contribution in [0.4, 0.5) is 0 Å². The lowest BCUT2D eigenvalue weighted by molar-refractivity contribution is -0.312. The van der Waals surface area contributed by atoms with Gasteiger partial charge in [0, 0.05) is 0 Å². The molecule has 6 nitrogen and oxygen atoms in total. The Labute approximate surface area is 151 Å². The second-order valence-corrected chi connectivity index (χ2v) is 6.79. The van der Waals surface area contributed by atoms with Crippen molar-refractivity contribution in [3.63, 3.8) is 0 Å². The number of nitrogens with zero attached hydrogens (tertiary/aromatic N) is 2. The first kappa shape index (κ1) is 16.3. The number of carboxylic acid groups (broad SMARTS) is 1. The molecule has 0 aliphatic carbocycles. The molecule has 130 valence electrons. The molecule has 4 rings (SSSR count). The van der Waals surface area contributed by atoms with Gasteiger partial charge in [0.1, 0.15) is 11.9 Å². The maximum Gasteiger partial charge on any atom is 0.274 e. The normalized spacial score (nSPS) is 13.3. The highest BCUT2D eigenvalue weighted by atomic mass is 32.1. The SMILES string of the molecule is C[C@H](Oc1ccc(/C=c2/sc3nc4ccccc4n3c2=O)cc1)C(=O)[O-]. The van der Waals surface area contributed by atoms with Crippen LogP contribution in [0, 0.1) is 0 Å². The number of ether oxygens (including phenoxy) is 1. The van der Waals surface area contributed by atoms with Crippen molar-refractivity contribution in [3.8, 4) is 5.75 Å². The van der Waals surface area contributed by atoms with Crippen molar-refractivity contribution in [3.05, 3.63) is 69.0 Å². The van der Waals surface area contributed by atoms with Crippen LogP contribution < -0.4 is 19.9 Å². The molecule has 0 saturated heterocycles. The van der Waals surface area contributed by atoms with E-state index in [0.29, 0.717) is 15.2 Å². The van der Waals surface area contributed by atoms with Gasteiger partial charge in [0.2, 0.25) is 0 Å². The second kappa shape index (κ2) is 6.27. The minimum atomic E-state index is -1.27. The summed E-state index contributed by atoms with van der Waals surface area (Å²) >= 11 is 1.33. The predicted octanol–water partition coefficient (Wildman–Crippen LogP) is 0.974. The molecule has 0 unspecified atom stereocenters. The van der Waals surface area contributed by atoms with Gasteiger partial charge in [0.25, 0.3) is 5.56 Å². The van der Waals surface area contributed by atoms with E-state index in [0.717, 1.165) is 16.6 Å². The van der Waals surface area contributed by atoms with Gasteiger partial charge in [-0.3, -0.25) is 4.79 Å². The zero-order valence-electron chi connectivity index (χ0n) is 13.7. The summed E-state index contributed by atoms with van der Waals surface area (Å²) in [5.74, 6) is -0.848. The molecular formula is C19H13N2O4S-. The highest BCUT2D eigenvalue weighted by Gasteiger charge is 2.10. The minimum absolute atomic E-state index is 0.107. The first-order chi connectivity index (χ1) is 12.5. The van der Waals surface area contributed by atoms with Crippen LogP contribution >= 0.6 is 11.3 Å². The topological polar surface area (TPSA) is 83.7 Å². The van der Waals surface area contributed by atoms with Crippen LogP contribution in [0.25, 0.3) is 22.1 Å². The number of imidazole rings is 1. The maximum atomic E-state index is 12.7. The van der Waals surface area contributed by atoms with E-state index >= 15 is 0 Å². The van der Waals surface area contributed by atoms with E-state index in [1.165, 1.54) is 18.3 Å². The molecule has 7 heteroatoms. The number of aromatic nitrogens is 2. The van der Waals surface area contributed by atoms with Gasteiger partial charge in [-0.1, -0.05) is 35.6 Å². The van der Waals surface area contributed by atoms with Crippen molar-refractivity contribution < 1.29 is 14.6 Å². The minimum Gasteiger partial charge on any atom is -0.546 e. The van der Waals surface area contributed by atoms with E-state index in [9.17, 15) is 14.7 Å². The molecule has 4 aromatic rings. The molecule has 0 spiro atoms. The second-order valence-electron chi connectivity index (χ2n) is 5.78. The smallest absolute Gasteiger partial charge is 0.274 e. The summed E-state index contributed by atoms with van der Waals surface area (Å²) in [5, 5.41) is 10.7. The average Bonchev–Trinajstić information content (AvgIpc) is 3.13. The van der Waals surface area contributed by atoms with Crippen molar-refractivity contribution in [1.29, 1.82) is 0 Å². The van der Waals surface area contributed by atoms with Gasteiger partial charge < -0.3 is 14.6 Å². The third kappa shape index (κ3) is 2.82. The number of rotatable bonds is 4. The van der Waals surface area contributed by atoms with E-state index in [1.807, 2.05) is 24.3 Å². The molecule has 0 N–H and O–H groups in total. The van der Waals surface area contributed by atoms with Crippen LogP contribution in [-0.2, 0) is 4.79 Å². The van der Waals surface area contributed by atoms with Crippen LogP contribution in [0.15, 0.2) is 53.3 Å². The van der Waals surface area contributed by atoms with Gasteiger partial charge in [-0.15, -0.1) is 0 Å². The van der Waals surface area contributed by atoms with Gasteiger partial charge in [0.15, 0.2) is 4.96 Å². The highest BCUT2D eigenvalue weighted by molar-refractivity contribution is 7.15. The average molecular weight is 365 g/mol. The monoisotopic (exact) mass is 365 g/mol. The molecule has 0 radical (unpaired) electrons. The molecule has 26 heavy (non-hydrogen) atoms. The number of carbonyl (C=O) groups excluding carboxylic acids is 1. The Morgan fingerprint density at radius 2 is 1.96 bits per heavy atom. The van der Waals surface area contributed by atoms with Crippen molar-refractivity contribution in [2.24, 2.45) is 0 Å². The van der Waals surface area contributed by atoms with E-state index in [1.54, 1.807) is 34.7 Å². The van der Waals surface area contributed by atoms with Crippen LogP contribution in [0.1, 0.15) is 12.5 Å². The fourth-order valence-electron chi connectivity index (χ4n) is 2.66. The number of aliphatic carboxylic acids is 1. The number of benzene rings is 2. The standard InChI is InChI=1S/C19H14N2O4S/c1-11(18(23)24)25-13-8-6-12(7-9-13)10-16-17(22)21-15-5-3-2-4-14(15)20-19(21)26-16/h2-11H,1H3,(H,23,24)/p-1/b16-10+/t11-/m0/s1. The fourth-order valence-corrected chi connectivity index (χ4v) is 3.65. The number of fused-ring (bicyclic) bond motifs is 3. The number of carboxylic acids is 1. The first-order valence-corrected chi connectivity index (χ1v) is 8.74. The lowest BCUT2D eigenvalue weighted by Gasteiger charge is -2.15. The lowest BCUT2D eigenvalue weighted by Crippen LogP contribution is -2.37. The predicted molar refractivity (Wildman–Crippen MR) is 97.2 cm³/mol. The van der Waals surface area contributed by atoms with Gasteiger partial charge in [-0.05, 0) is 42.8 Å². The van der Waals surface area contributed by atoms with Crippen LogP contribution in [-0.4, -0.2) is 21.5 Å². The Morgan fingerprint density at radius 3 is 2.69 bits per heavy atom. The first-order valence-electron chi connectivity index (χ1n) is 7.92. The molecule has 0 aliphatic heterocycles. The number of hydrogen-bond acceptors (Lipinski definition) is 6. The number of hydrogen-bond donors (Lipinski definition) is 0. The van der Waals surface area contributed by atoms with Crippen molar-refractivity contribution >= 4 is 39.4 Å².